The molecule has 54 heavy (non-hydrogen) atoms. The number of nitrogens with zero attached hydrogens (tertiary/aromatic N) is 1. The van der Waals surface area contributed by atoms with Gasteiger partial charge in [-0.25, -0.2) is 0 Å². The molecule has 0 aromatic heterocycles. The van der Waals surface area contributed by atoms with E-state index >= 15 is 0 Å². The van der Waals surface area contributed by atoms with Crippen LogP contribution in [0.15, 0.2) is 182 Å². The average Bonchev–Trinajstić information content (AvgIpc) is 3.64. The third kappa shape index (κ3) is 4.28. The zero-order valence-electron chi connectivity index (χ0n) is 30.5. The largest absolute Gasteiger partial charge is 0.457 e. The Bertz CT molecular complexity index is 2720. The SMILES string of the molecule is CC1(C)c2ccccc2-c2ccc(N(c3ccccc3)c3ccc4c(c3)C3(C5=CCCC=C54)c4ccccc4Oc4ccc(-c5ccccc5)cc43)cc21. The summed E-state index contributed by atoms with van der Waals surface area (Å²) in [5.41, 5.74) is 18.3. The summed E-state index contributed by atoms with van der Waals surface area (Å²) in [6, 6.07) is 60.2. The Balaban J connectivity index is 1.17. The lowest BCUT2D eigenvalue weighted by Gasteiger charge is -2.40. The lowest BCUT2D eigenvalue weighted by molar-refractivity contribution is 0.436. The van der Waals surface area contributed by atoms with Gasteiger partial charge in [0.05, 0.1) is 5.41 Å². The predicted molar refractivity (Wildman–Crippen MR) is 222 cm³/mol. The second-order valence-corrected chi connectivity index (χ2v) is 15.5. The highest BCUT2D eigenvalue weighted by molar-refractivity contribution is 5.98. The van der Waals surface area contributed by atoms with Crippen molar-refractivity contribution in [3.05, 3.63) is 215 Å². The fourth-order valence-corrected chi connectivity index (χ4v) is 9.93. The standard InChI is InChI=1S/C52H39NO/c1-51(2)43-21-11-9-19-39(43)41-28-26-37(32-46(41)51)53(36-17-7-4-8-18-36)38-27-29-42-40-20-10-12-22-44(40)52(47(42)33-38)45-23-13-14-24-49(45)54-50-30-25-35(31-48(50)52)34-15-5-3-6-16-34/h3-9,11,13-33H,10,12H2,1-2H3. The van der Waals surface area contributed by atoms with Gasteiger partial charge in [0.2, 0.25) is 0 Å². The average molecular weight is 694 g/mol. The molecule has 3 aliphatic carbocycles. The van der Waals surface area contributed by atoms with Gasteiger partial charge in [0.15, 0.2) is 0 Å². The van der Waals surface area contributed by atoms with Gasteiger partial charge in [0, 0.05) is 33.6 Å². The van der Waals surface area contributed by atoms with Crippen LogP contribution in [-0.4, -0.2) is 0 Å². The zero-order chi connectivity index (χ0) is 36.0. The topological polar surface area (TPSA) is 12.5 Å². The van der Waals surface area contributed by atoms with Crippen LogP contribution in [0.4, 0.5) is 17.1 Å². The van der Waals surface area contributed by atoms with Crippen LogP contribution < -0.4 is 9.64 Å². The van der Waals surface area contributed by atoms with E-state index in [9.17, 15) is 0 Å². The maximum Gasteiger partial charge on any atom is 0.132 e. The Morgan fingerprint density at radius 1 is 0.444 bits per heavy atom. The van der Waals surface area contributed by atoms with Crippen molar-refractivity contribution >= 4 is 22.6 Å². The minimum absolute atomic E-state index is 0.104. The lowest BCUT2D eigenvalue weighted by atomic mass is 9.65. The van der Waals surface area contributed by atoms with E-state index in [2.05, 4.69) is 195 Å². The van der Waals surface area contributed by atoms with Crippen molar-refractivity contribution in [1.82, 2.24) is 0 Å². The van der Waals surface area contributed by atoms with Crippen LogP contribution in [0.2, 0.25) is 0 Å². The number of hydrogen-bond donors (Lipinski definition) is 0. The van der Waals surface area contributed by atoms with Gasteiger partial charge < -0.3 is 9.64 Å². The molecular formula is C52H39NO. The summed E-state index contributed by atoms with van der Waals surface area (Å²) in [5.74, 6) is 1.83. The minimum Gasteiger partial charge on any atom is -0.457 e. The maximum atomic E-state index is 6.80. The normalized spacial score (nSPS) is 17.9. The molecule has 0 fully saturated rings. The molecule has 7 aromatic rings. The molecule has 2 heteroatoms. The molecule has 2 nitrogen and oxygen atoms in total. The molecule has 1 unspecified atom stereocenters. The molecule has 11 rings (SSSR count). The third-order valence-corrected chi connectivity index (χ3v) is 12.4. The number of fused-ring (bicyclic) bond motifs is 12. The predicted octanol–water partition coefficient (Wildman–Crippen LogP) is 13.7. The Morgan fingerprint density at radius 2 is 1.07 bits per heavy atom. The minimum atomic E-state index is -0.545. The van der Waals surface area contributed by atoms with Crippen LogP contribution in [0, 0.1) is 0 Å². The van der Waals surface area contributed by atoms with E-state index in [0.29, 0.717) is 0 Å². The molecule has 1 heterocycles. The first-order valence-electron chi connectivity index (χ1n) is 19.2. The summed E-state index contributed by atoms with van der Waals surface area (Å²) in [5, 5.41) is 0. The van der Waals surface area contributed by atoms with Crippen LogP contribution in [-0.2, 0) is 10.8 Å². The van der Waals surface area contributed by atoms with Crippen molar-refractivity contribution in [3.63, 3.8) is 0 Å². The van der Waals surface area contributed by atoms with Gasteiger partial charge in [-0.2, -0.15) is 0 Å². The number of benzene rings is 7. The number of ether oxygens (including phenoxy) is 1. The van der Waals surface area contributed by atoms with Crippen molar-refractivity contribution in [2.45, 2.75) is 37.5 Å². The monoisotopic (exact) mass is 693 g/mol. The van der Waals surface area contributed by atoms with E-state index in [0.717, 1.165) is 41.4 Å². The van der Waals surface area contributed by atoms with E-state index in [-0.39, 0.29) is 5.41 Å². The molecule has 7 aromatic carbocycles. The van der Waals surface area contributed by atoms with Crippen molar-refractivity contribution in [2.75, 3.05) is 4.90 Å². The summed E-state index contributed by atoms with van der Waals surface area (Å²) in [6.07, 6.45) is 7.03. The molecule has 4 aliphatic rings. The van der Waals surface area contributed by atoms with E-state index in [4.69, 9.17) is 4.74 Å². The third-order valence-electron chi connectivity index (χ3n) is 12.4. The molecule has 0 saturated carbocycles. The number of rotatable bonds is 4. The van der Waals surface area contributed by atoms with E-state index in [1.807, 2.05) is 0 Å². The molecule has 0 radical (unpaired) electrons. The Hall–Kier alpha value is -6.38. The highest BCUT2D eigenvalue weighted by Gasteiger charge is 2.53. The van der Waals surface area contributed by atoms with Crippen LogP contribution in [0.1, 0.15) is 60.1 Å². The van der Waals surface area contributed by atoms with Gasteiger partial charge in [0.1, 0.15) is 11.5 Å². The second kappa shape index (κ2) is 11.6. The number of para-hydroxylation sites is 2. The van der Waals surface area contributed by atoms with E-state index in [1.165, 1.54) is 66.8 Å². The van der Waals surface area contributed by atoms with Gasteiger partial charge >= 0.3 is 0 Å². The molecule has 0 bridgehead atoms. The first-order valence-corrected chi connectivity index (χ1v) is 19.2. The molecule has 258 valence electrons. The van der Waals surface area contributed by atoms with Gasteiger partial charge in [-0.05, 0) is 123 Å². The van der Waals surface area contributed by atoms with Gasteiger partial charge in [-0.3, -0.25) is 0 Å². The summed E-state index contributed by atoms with van der Waals surface area (Å²) in [7, 11) is 0. The van der Waals surface area contributed by atoms with Gasteiger partial charge in [-0.1, -0.05) is 135 Å². The molecular weight excluding hydrogens is 655 g/mol. The Labute approximate surface area is 317 Å². The second-order valence-electron chi connectivity index (χ2n) is 15.5. The van der Waals surface area contributed by atoms with Crippen molar-refractivity contribution in [3.8, 4) is 33.8 Å². The fraction of sp³-hybridized carbons (Fsp3) is 0.115. The summed E-state index contributed by atoms with van der Waals surface area (Å²) < 4.78 is 6.80. The first kappa shape index (κ1) is 31.2. The van der Waals surface area contributed by atoms with Gasteiger partial charge in [0.25, 0.3) is 0 Å². The summed E-state index contributed by atoms with van der Waals surface area (Å²) in [6.45, 7) is 4.72. The molecule has 1 spiro atoms. The molecule has 0 amide bonds. The number of hydrogen-bond acceptors (Lipinski definition) is 2. The molecule has 0 saturated heterocycles. The smallest absolute Gasteiger partial charge is 0.132 e. The number of anilines is 3. The molecule has 1 atom stereocenters. The van der Waals surface area contributed by atoms with Crippen molar-refractivity contribution < 1.29 is 4.74 Å². The maximum absolute atomic E-state index is 6.80. The summed E-state index contributed by atoms with van der Waals surface area (Å²) in [4.78, 5) is 2.45. The fourth-order valence-electron chi connectivity index (χ4n) is 9.93. The zero-order valence-corrected chi connectivity index (χ0v) is 30.5. The lowest BCUT2D eigenvalue weighted by Crippen LogP contribution is -2.32. The van der Waals surface area contributed by atoms with Crippen LogP contribution in [0.3, 0.4) is 0 Å². The van der Waals surface area contributed by atoms with Crippen LogP contribution in [0.25, 0.3) is 27.8 Å². The van der Waals surface area contributed by atoms with E-state index < -0.39 is 5.41 Å². The van der Waals surface area contributed by atoms with Crippen LogP contribution in [0.5, 0.6) is 11.5 Å². The van der Waals surface area contributed by atoms with Crippen LogP contribution >= 0.6 is 0 Å². The van der Waals surface area contributed by atoms with Crippen molar-refractivity contribution in [2.24, 2.45) is 0 Å². The van der Waals surface area contributed by atoms with E-state index in [1.54, 1.807) is 0 Å². The summed E-state index contributed by atoms with van der Waals surface area (Å²) >= 11 is 0. The Morgan fingerprint density at radius 3 is 1.89 bits per heavy atom. The highest BCUT2D eigenvalue weighted by Crippen LogP contribution is 2.64. The Kier molecular flexibility index (Phi) is 6.67. The first-order chi connectivity index (χ1) is 26.5. The molecule has 0 N–H and O–H groups in total. The molecule has 1 aliphatic heterocycles. The van der Waals surface area contributed by atoms with Gasteiger partial charge in [-0.15, -0.1) is 0 Å². The number of allylic oxidation sites excluding steroid dienone is 4. The van der Waals surface area contributed by atoms with Crippen molar-refractivity contribution in [1.29, 1.82) is 0 Å². The highest BCUT2D eigenvalue weighted by atomic mass is 16.5. The quantitative estimate of drug-likeness (QED) is 0.182.